The van der Waals surface area contributed by atoms with E-state index in [4.69, 9.17) is 5.26 Å². The molecule has 2 heterocycles. The molecule has 0 aliphatic carbocycles. The first-order valence-electron chi connectivity index (χ1n) is 8.37. The molecule has 0 saturated carbocycles. The fourth-order valence-corrected chi connectivity index (χ4v) is 3.98. The Morgan fingerprint density at radius 2 is 1.89 bits per heavy atom. The Balaban J connectivity index is 1.98. The molecule has 132 valence electrons. The lowest BCUT2D eigenvalue weighted by Crippen LogP contribution is -2.38. The second kappa shape index (κ2) is 6.71. The lowest BCUT2D eigenvalue weighted by Gasteiger charge is -2.13. The Labute approximate surface area is 159 Å². The van der Waals surface area contributed by atoms with Crippen molar-refractivity contribution >= 4 is 21.6 Å². The Bertz CT molecular complexity index is 1320. The van der Waals surface area contributed by atoms with Gasteiger partial charge in [0.15, 0.2) is 0 Å². The minimum atomic E-state index is -0.390. The maximum Gasteiger partial charge on any atom is 0.336 e. The van der Waals surface area contributed by atoms with Gasteiger partial charge in [-0.25, -0.2) is 9.36 Å². The quantitative estimate of drug-likeness (QED) is 0.552. The highest BCUT2D eigenvalue weighted by molar-refractivity contribution is 7.17. The van der Waals surface area contributed by atoms with Crippen molar-refractivity contribution in [3.05, 3.63) is 97.5 Å². The molecular formula is C21H15N3O2S. The van der Waals surface area contributed by atoms with E-state index in [0.717, 1.165) is 11.1 Å². The number of fused-ring (bicyclic) bond motifs is 1. The second-order valence-electron chi connectivity index (χ2n) is 6.30. The van der Waals surface area contributed by atoms with Gasteiger partial charge >= 0.3 is 5.69 Å². The van der Waals surface area contributed by atoms with Gasteiger partial charge in [0.1, 0.15) is 4.70 Å². The Morgan fingerprint density at radius 3 is 2.67 bits per heavy atom. The van der Waals surface area contributed by atoms with Crippen molar-refractivity contribution in [2.75, 3.05) is 0 Å². The van der Waals surface area contributed by atoms with Crippen LogP contribution in [0.15, 0.2) is 69.6 Å². The van der Waals surface area contributed by atoms with E-state index >= 15 is 0 Å². The number of rotatable bonds is 3. The van der Waals surface area contributed by atoms with E-state index in [1.54, 1.807) is 34.9 Å². The van der Waals surface area contributed by atoms with Crippen LogP contribution in [-0.4, -0.2) is 9.13 Å². The molecule has 0 amide bonds. The molecule has 4 aromatic rings. The fraction of sp³-hybridized carbons (Fsp3) is 0.0952. The lowest BCUT2D eigenvalue weighted by atomic mass is 10.1. The Kier molecular flexibility index (Phi) is 4.22. The van der Waals surface area contributed by atoms with E-state index in [0.29, 0.717) is 21.5 Å². The Morgan fingerprint density at radius 1 is 1.07 bits per heavy atom. The van der Waals surface area contributed by atoms with Crippen LogP contribution < -0.4 is 11.2 Å². The highest BCUT2D eigenvalue weighted by Crippen LogP contribution is 2.18. The molecule has 0 atom stereocenters. The van der Waals surface area contributed by atoms with Crippen LogP contribution in [0.5, 0.6) is 0 Å². The van der Waals surface area contributed by atoms with Crippen LogP contribution in [0.2, 0.25) is 0 Å². The first kappa shape index (κ1) is 17.0. The standard InChI is InChI=1S/C21H15N3O2S/c1-14-4-2-7-17(10-14)24-20(25)19-18(8-9-27-19)23(21(24)26)13-16-6-3-5-15(11-16)12-22/h2-11H,13H2,1H3. The van der Waals surface area contributed by atoms with E-state index in [1.807, 2.05) is 36.6 Å². The zero-order chi connectivity index (χ0) is 19.0. The summed E-state index contributed by atoms with van der Waals surface area (Å²) in [7, 11) is 0. The molecule has 0 spiro atoms. The van der Waals surface area contributed by atoms with Crippen LogP contribution in [0.25, 0.3) is 15.9 Å². The average molecular weight is 373 g/mol. The maximum atomic E-state index is 13.2. The molecule has 0 unspecified atom stereocenters. The van der Waals surface area contributed by atoms with E-state index in [-0.39, 0.29) is 17.8 Å². The zero-order valence-corrected chi connectivity index (χ0v) is 15.4. The Hall–Kier alpha value is -3.43. The molecule has 0 aliphatic rings. The molecule has 0 bridgehead atoms. The van der Waals surface area contributed by atoms with Crippen molar-refractivity contribution < 1.29 is 0 Å². The van der Waals surface area contributed by atoms with E-state index in [9.17, 15) is 9.59 Å². The van der Waals surface area contributed by atoms with E-state index in [1.165, 1.54) is 15.9 Å². The molecule has 0 radical (unpaired) electrons. The van der Waals surface area contributed by atoms with Gasteiger partial charge in [0.05, 0.1) is 29.4 Å². The molecule has 0 saturated heterocycles. The largest absolute Gasteiger partial charge is 0.336 e. The molecule has 2 aromatic carbocycles. The minimum absolute atomic E-state index is 0.285. The predicted octanol–water partition coefficient (Wildman–Crippen LogP) is 3.44. The van der Waals surface area contributed by atoms with Gasteiger partial charge in [0.25, 0.3) is 5.56 Å². The first-order chi connectivity index (χ1) is 13.1. The normalized spacial score (nSPS) is 10.8. The monoisotopic (exact) mass is 373 g/mol. The SMILES string of the molecule is Cc1cccc(-n2c(=O)c3sccc3n(Cc3cccc(C#N)c3)c2=O)c1. The second-order valence-corrected chi connectivity index (χ2v) is 7.21. The van der Waals surface area contributed by atoms with Crippen molar-refractivity contribution in [2.24, 2.45) is 0 Å². The van der Waals surface area contributed by atoms with Gasteiger partial charge in [-0.1, -0.05) is 24.3 Å². The summed E-state index contributed by atoms with van der Waals surface area (Å²) in [4.78, 5) is 26.2. The number of aryl methyl sites for hydroxylation is 1. The minimum Gasteiger partial charge on any atom is -0.288 e. The highest BCUT2D eigenvalue weighted by atomic mass is 32.1. The summed E-state index contributed by atoms with van der Waals surface area (Å²) < 4.78 is 3.35. The molecule has 4 rings (SSSR count). The summed E-state index contributed by atoms with van der Waals surface area (Å²) in [5.74, 6) is 0. The lowest BCUT2D eigenvalue weighted by molar-refractivity contribution is 0.716. The number of nitriles is 1. The summed E-state index contributed by atoms with van der Waals surface area (Å²) in [6.45, 7) is 2.21. The predicted molar refractivity (Wildman–Crippen MR) is 107 cm³/mol. The van der Waals surface area contributed by atoms with Gasteiger partial charge in [-0.3, -0.25) is 9.36 Å². The number of aromatic nitrogens is 2. The van der Waals surface area contributed by atoms with Crippen LogP contribution in [0.3, 0.4) is 0 Å². The molecule has 5 nitrogen and oxygen atoms in total. The van der Waals surface area contributed by atoms with Gasteiger partial charge in [0, 0.05) is 0 Å². The summed E-state index contributed by atoms with van der Waals surface area (Å²) in [6.07, 6.45) is 0. The summed E-state index contributed by atoms with van der Waals surface area (Å²) in [5.41, 5.74) is 2.81. The van der Waals surface area contributed by atoms with Gasteiger partial charge in [-0.15, -0.1) is 11.3 Å². The van der Waals surface area contributed by atoms with Crippen LogP contribution in [0.1, 0.15) is 16.7 Å². The highest BCUT2D eigenvalue weighted by Gasteiger charge is 2.16. The zero-order valence-electron chi connectivity index (χ0n) is 14.5. The maximum absolute atomic E-state index is 13.2. The van der Waals surface area contributed by atoms with E-state index < -0.39 is 0 Å². The van der Waals surface area contributed by atoms with Crippen molar-refractivity contribution in [1.29, 1.82) is 5.26 Å². The van der Waals surface area contributed by atoms with Gasteiger partial charge in [-0.2, -0.15) is 5.26 Å². The number of hydrogen-bond acceptors (Lipinski definition) is 4. The topological polar surface area (TPSA) is 67.8 Å². The van der Waals surface area contributed by atoms with Crippen LogP contribution >= 0.6 is 11.3 Å². The van der Waals surface area contributed by atoms with Crippen LogP contribution in [0, 0.1) is 18.3 Å². The van der Waals surface area contributed by atoms with Gasteiger partial charge < -0.3 is 0 Å². The van der Waals surface area contributed by atoms with Crippen LogP contribution in [-0.2, 0) is 6.54 Å². The third kappa shape index (κ3) is 2.98. The molecule has 0 N–H and O–H groups in total. The van der Waals surface area contributed by atoms with Crippen molar-refractivity contribution in [3.8, 4) is 11.8 Å². The molecule has 2 aromatic heterocycles. The first-order valence-corrected chi connectivity index (χ1v) is 9.25. The molecule has 6 heteroatoms. The molecule has 27 heavy (non-hydrogen) atoms. The van der Waals surface area contributed by atoms with E-state index in [2.05, 4.69) is 6.07 Å². The number of benzene rings is 2. The molecular weight excluding hydrogens is 358 g/mol. The number of hydrogen-bond donors (Lipinski definition) is 0. The smallest absolute Gasteiger partial charge is 0.288 e. The summed E-state index contributed by atoms with van der Waals surface area (Å²) >= 11 is 1.32. The molecule has 0 aliphatic heterocycles. The summed E-state index contributed by atoms with van der Waals surface area (Å²) in [6, 6.07) is 18.4. The van der Waals surface area contributed by atoms with Gasteiger partial charge in [-0.05, 0) is 53.8 Å². The van der Waals surface area contributed by atoms with Crippen molar-refractivity contribution in [1.82, 2.24) is 9.13 Å². The van der Waals surface area contributed by atoms with Crippen LogP contribution in [0.4, 0.5) is 0 Å². The van der Waals surface area contributed by atoms with Gasteiger partial charge in [0.2, 0.25) is 0 Å². The third-order valence-corrected chi connectivity index (χ3v) is 5.30. The third-order valence-electron chi connectivity index (χ3n) is 4.41. The van der Waals surface area contributed by atoms with Crippen molar-refractivity contribution in [3.63, 3.8) is 0 Å². The molecule has 0 fully saturated rings. The average Bonchev–Trinajstić information content (AvgIpc) is 3.16. The summed E-state index contributed by atoms with van der Waals surface area (Å²) in [5, 5.41) is 10.9. The number of nitrogens with zero attached hydrogens (tertiary/aromatic N) is 3. The fourth-order valence-electron chi connectivity index (χ4n) is 3.16. The number of thiophene rings is 1. The van der Waals surface area contributed by atoms with Crippen molar-refractivity contribution in [2.45, 2.75) is 13.5 Å².